The highest BCUT2D eigenvalue weighted by atomic mass is 16.5. The van der Waals surface area contributed by atoms with Gasteiger partial charge in [0, 0.05) is 19.6 Å². The van der Waals surface area contributed by atoms with Crippen molar-refractivity contribution in [1.82, 2.24) is 15.1 Å². The number of nitrogens with zero attached hydrogens (tertiary/aromatic N) is 2. The maximum atomic E-state index is 12.2. The first-order valence-electron chi connectivity index (χ1n) is 8.18. The van der Waals surface area contributed by atoms with Crippen LogP contribution in [-0.4, -0.2) is 74.7 Å². The van der Waals surface area contributed by atoms with Crippen molar-refractivity contribution in [2.45, 2.75) is 46.1 Å². The summed E-state index contributed by atoms with van der Waals surface area (Å²) in [5.41, 5.74) is -0.588. The average molecular weight is 301 g/mol. The Labute approximate surface area is 131 Å². The van der Waals surface area contributed by atoms with Crippen LogP contribution in [0.3, 0.4) is 0 Å². The second-order valence-corrected chi connectivity index (χ2v) is 5.98. The lowest BCUT2D eigenvalue weighted by atomic mass is 9.97. The largest absolute Gasteiger partial charge is 0.465 e. The van der Waals surface area contributed by atoms with E-state index < -0.39 is 5.54 Å². The van der Waals surface area contributed by atoms with Crippen LogP contribution in [0.5, 0.6) is 0 Å². The fraction of sp³-hybridized carbons (Fsp3) is 0.938. The van der Waals surface area contributed by atoms with Gasteiger partial charge < -0.3 is 19.9 Å². The molecule has 0 spiro atoms. The van der Waals surface area contributed by atoms with E-state index in [1.54, 1.807) is 0 Å². The van der Waals surface area contributed by atoms with Crippen LogP contribution in [0.15, 0.2) is 0 Å². The smallest absolute Gasteiger partial charge is 0.326 e. The van der Waals surface area contributed by atoms with Crippen molar-refractivity contribution in [3.05, 3.63) is 0 Å². The molecule has 0 bridgehead atoms. The number of hydrogen-bond acceptors (Lipinski definition) is 5. The fourth-order valence-electron chi connectivity index (χ4n) is 2.32. The van der Waals surface area contributed by atoms with Crippen molar-refractivity contribution < 1.29 is 9.53 Å². The molecule has 21 heavy (non-hydrogen) atoms. The van der Waals surface area contributed by atoms with Gasteiger partial charge in [0.1, 0.15) is 5.54 Å². The van der Waals surface area contributed by atoms with E-state index in [9.17, 15) is 4.79 Å². The molecule has 1 unspecified atom stereocenters. The van der Waals surface area contributed by atoms with E-state index in [-0.39, 0.29) is 5.97 Å². The molecular weight excluding hydrogens is 266 g/mol. The Balaban J connectivity index is 4.56. The molecule has 5 heteroatoms. The van der Waals surface area contributed by atoms with Gasteiger partial charge in [-0.3, -0.25) is 4.79 Å². The van der Waals surface area contributed by atoms with Gasteiger partial charge in [-0.2, -0.15) is 0 Å². The van der Waals surface area contributed by atoms with Crippen LogP contribution < -0.4 is 5.32 Å². The molecule has 0 saturated carbocycles. The SMILES string of the molecule is CCCN(CCN(C)C)CCC(C)(NCC)C(=O)OCC. The molecule has 0 aromatic heterocycles. The van der Waals surface area contributed by atoms with Gasteiger partial charge in [-0.15, -0.1) is 0 Å². The van der Waals surface area contributed by atoms with Gasteiger partial charge >= 0.3 is 5.97 Å². The van der Waals surface area contributed by atoms with Gasteiger partial charge in [-0.1, -0.05) is 13.8 Å². The summed E-state index contributed by atoms with van der Waals surface area (Å²) in [7, 11) is 4.18. The van der Waals surface area contributed by atoms with Crippen LogP contribution in [-0.2, 0) is 9.53 Å². The Bertz CT molecular complexity index is 285. The molecule has 126 valence electrons. The van der Waals surface area contributed by atoms with Crippen molar-refractivity contribution in [1.29, 1.82) is 0 Å². The summed E-state index contributed by atoms with van der Waals surface area (Å²) in [4.78, 5) is 16.8. The lowest BCUT2D eigenvalue weighted by Gasteiger charge is -2.31. The molecule has 0 radical (unpaired) electrons. The number of carbonyl (C=O) groups is 1. The topological polar surface area (TPSA) is 44.8 Å². The standard InChI is InChI=1S/C16H35N3O2/c1-7-11-19(14-13-18(5)6)12-10-16(4,17-8-2)15(20)21-9-3/h17H,7-14H2,1-6H3. The number of ether oxygens (including phenoxy) is 1. The summed E-state index contributed by atoms with van der Waals surface area (Å²) in [5.74, 6) is -0.143. The Morgan fingerprint density at radius 3 is 2.24 bits per heavy atom. The van der Waals surface area contributed by atoms with Gasteiger partial charge in [0.15, 0.2) is 0 Å². The zero-order chi connectivity index (χ0) is 16.3. The fourth-order valence-corrected chi connectivity index (χ4v) is 2.32. The van der Waals surface area contributed by atoms with Crippen LogP contribution in [0, 0.1) is 0 Å². The predicted molar refractivity (Wildman–Crippen MR) is 88.6 cm³/mol. The Morgan fingerprint density at radius 2 is 1.76 bits per heavy atom. The molecule has 0 aliphatic heterocycles. The van der Waals surface area contributed by atoms with Gasteiger partial charge in [-0.25, -0.2) is 0 Å². The summed E-state index contributed by atoms with van der Waals surface area (Å²) in [6, 6.07) is 0. The van der Waals surface area contributed by atoms with Gasteiger partial charge in [0.05, 0.1) is 6.61 Å². The summed E-state index contributed by atoms with van der Waals surface area (Å²) in [6.07, 6.45) is 1.90. The lowest BCUT2D eigenvalue weighted by molar-refractivity contribution is -0.151. The molecule has 0 rings (SSSR count). The minimum Gasteiger partial charge on any atom is -0.465 e. The Hall–Kier alpha value is -0.650. The molecule has 0 saturated heterocycles. The second kappa shape index (κ2) is 11.0. The van der Waals surface area contributed by atoms with Crippen molar-refractivity contribution in [3.8, 4) is 0 Å². The molecule has 1 N–H and O–H groups in total. The number of carbonyl (C=O) groups excluding carboxylic acids is 1. The second-order valence-electron chi connectivity index (χ2n) is 5.98. The van der Waals surface area contributed by atoms with Gasteiger partial charge in [-0.05, 0) is 53.9 Å². The summed E-state index contributed by atoms with van der Waals surface area (Å²) < 4.78 is 5.22. The zero-order valence-electron chi connectivity index (χ0n) is 14.9. The normalized spacial score (nSPS) is 14.5. The number of nitrogens with one attached hydrogen (secondary N) is 1. The van der Waals surface area contributed by atoms with Crippen LogP contribution in [0.1, 0.15) is 40.5 Å². The molecule has 0 fully saturated rings. The quantitative estimate of drug-likeness (QED) is 0.555. The van der Waals surface area contributed by atoms with Crippen molar-refractivity contribution >= 4 is 5.97 Å². The Morgan fingerprint density at radius 1 is 1.10 bits per heavy atom. The van der Waals surface area contributed by atoms with Crippen LogP contribution in [0.25, 0.3) is 0 Å². The van der Waals surface area contributed by atoms with E-state index in [1.165, 1.54) is 0 Å². The molecule has 0 amide bonds. The minimum absolute atomic E-state index is 0.143. The maximum absolute atomic E-state index is 12.2. The van der Waals surface area contributed by atoms with Crippen LogP contribution >= 0.6 is 0 Å². The monoisotopic (exact) mass is 301 g/mol. The lowest BCUT2D eigenvalue weighted by Crippen LogP contribution is -2.52. The number of rotatable bonds is 12. The molecular formula is C16H35N3O2. The highest BCUT2D eigenvalue weighted by Gasteiger charge is 2.33. The first kappa shape index (κ1) is 20.3. The third-order valence-electron chi connectivity index (χ3n) is 3.62. The van der Waals surface area contributed by atoms with E-state index in [2.05, 4.69) is 36.1 Å². The van der Waals surface area contributed by atoms with Gasteiger partial charge in [0.25, 0.3) is 0 Å². The average Bonchev–Trinajstić information content (AvgIpc) is 2.42. The van der Waals surface area contributed by atoms with E-state index in [4.69, 9.17) is 4.74 Å². The molecule has 0 aliphatic rings. The molecule has 0 heterocycles. The highest BCUT2D eigenvalue weighted by Crippen LogP contribution is 2.13. The first-order chi connectivity index (χ1) is 9.89. The van der Waals surface area contributed by atoms with Crippen molar-refractivity contribution in [2.75, 3.05) is 53.4 Å². The number of likely N-dealkylation sites (N-methyl/N-ethyl adjacent to an activating group) is 2. The van der Waals surface area contributed by atoms with Crippen LogP contribution in [0.2, 0.25) is 0 Å². The molecule has 1 atom stereocenters. The molecule has 0 aromatic carbocycles. The minimum atomic E-state index is -0.588. The summed E-state index contributed by atoms with van der Waals surface area (Å²) in [6.45, 7) is 13.3. The first-order valence-corrected chi connectivity index (χ1v) is 8.18. The highest BCUT2D eigenvalue weighted by molar-refractivity contribution is 5.80. The third kappa shape index (κ3) is 8.39. The van der Waals surface area contributed by atoms with E-state index in [1.807, 2.05) is 20.8 Å². The maximum Gasteiger partial charge on any atom is 0.326 e. The summed E-state index contributed by atoms with van der Waals surface area (Å²) in [5, 5.41) is 3.29. The third-order valence-corrected chi connectivity index (χ3v) is 3.62. The zero-order valence-corrected chi connectivity index (χ0v) is 14.9. The number of esters is 1. The van der Waals surface area contributed by atoms with Crippen LogP contribution in [0.4, 0.5) is 0 Å². The van der Waals surface area contributed by atoms with E-state index >= 15 is 0 Å². The van der Waals surface area contributed by atoms with Gasteiger partial charge in [0.2, 0.25) is 0 Å². The molecule has 5 nitrogen and oxygen atoms in total. The Kier molecular flexibility index (Phi) is 10.6. The predicted octanol–water partition coefficient (Wildman–Crippen LogP) is 1.58. The summed E-state index contributed by atoms with van der Waals surface area (Å²) >= 11 is 0. The van der Waals surface area contributed by atoms with Crippen molar-refractivity contribution in [2.24, 2.45) is 0 Å². The van der Waals surface area contributed by atoms with E-state index in [0.29, 0.717) is 6.61 Å². The van der Waals surface area contributed by atoms with Crippen molar-refractivity contribution in [3.63, 3.8) is 0 Å². The van der Waals surface area contributed by atoms with E-state index in [0.717, 1.165) is 45.6 Å². The molecule has 0 aliphatic carbocycles. The number of hydrogen-bond donors (Lipinski definition) is 1. The molecule has 0 aromatic rings.